The fourth-order valence-electron chi connectivity index (χ4n) is 3.46. The van der Waals surface area contributed by atoms with Gasteiger partial charge in [-0.15, -0.1) is 0 Å². The van der Waals surface area contributed by atoms with Crippen LogP contribution in [0.3, 0.4) is 0 Å². The third-order valence-electron chi connectivity index (χ3n) is 4.07. The minimum absolute atomic E-state index is 0.619. The van der Waals surface area contributed by atoms with E-state index in [2.05, 4.69) is 34.1 Å². The van der Waals surface area contributed by atoms with Crippen LogP contribution in [0, 0.1) is 0 Å². The average Bonchev–Trinajstić information content (AvgIpc) is 2.71. The lowest BCUT2D eigenvalue weighted by atomic mass is 10.2. The Morgan fingerprint density at radius 3 is 2.50 bits per heavy atom. The Hall–Kier alpha value is -0.160. The van der Waals surface area contributed by atoms with Crippen molar-refractivity contribution in [2.45, 2.75) is 58.2 Å². The Kier molecular flexibility index (Phi) is 2.92. The maximum atomic E-state index is 2.62. The second-order valence-corrected chi connectivity index (χ2v) is 5.51. The van der Waals surface area contributed by atoms with E-state index in [0.717, 1.165) is 0 Å². The van der Waals surface area contributed by atoms with Crippen LogP contribution in [0.1, 0.15) is 46.0 Å². The first kappa shape index (κ1) is 11.0. The highest BCUT2D eigenvalue weighted by Gasteiger charge is 2.47. The molecule has 4 nitrogen and oxygen atoms in total. The van der Waals surface area contributed by atoms with Crippen LogP contribution in [0.25, 0.3) is 0 Å². The normalized spacial score (nSPS) is 34.3. The van der Waals surface area contributed by atoms with Crippen molar-refractivity contribution in [2.24, 2.45) is 0 Å². The molecule has 0 aliphatic carbocycles. The first-order valence-electron chi connectivity index (χ1n) is 6.89. The molecule has 0 aromatic rings. The predicted molar refractivity (Wildman–Crippen MR) is 64.0 cm³/mol. The molecule has 3 fully saturated rings. The minimum Gasteiger partial charge on any atom is -0.208 e. The summed E-state index contributed by atoms with van der Waals surface area (Å²) < 4.78 is 0. The van der Waals surface area contributed by atoms with E-state index < -0.39 is 0 Å². The van der Waals surface area contributed by atoms with E-state index in [9.17, 15) is 0 Å². The van der Waals surface area contributed by atoms with E-state index in [1.165, 1.54) is 51.7 Å². The number of fused-ring (bicyclic) bond motifs is 3. The molecular formula is C12H24N4. The molecule has 0 aromatic heterocycles. The summed E-state index contributed by atoms with van der Waals surface area (Å²) in [5.74, 6) is 0. The van der Waals surface area contributed by atoms with Gasteiger partial charge in [-0.25, -0.2) is 10.0 Å². The van der Waals surface area contributed by atoms with Gasteiger partial charge in [0.2, 0.25) is 0 Å². The van der Waals surface area contributed by atoms with Crippen molar-refractivity contribution in [3.05, 3.63) is 0 Å². The van der Waals surface area contributed by atoms with Crippen LogP contribution in [0.5, 0.6) is 0 Å². The van der Waals surface area contributed by atoms with Gasteiger partial charge >= 0.3 is 0 Å². The second-order valence-electron chi connectivity index (χ2n) is 5.51. The van der Waals surface area contributed by atoms with E-state index in [0.29, 0.717) is 12.2 Å². The molecule has 0 spiro atoms. The molecular weight excluding hydrogens is 200 g/mol. The fourth-order valence-corrected chi connectivity index (χ4v) is 3.46. The van der Waals surface area contributed by atoms with Gasteiger partial charge in [0.15, 0.2) is 0 Å². The molecule has 16 heavy (non-hydrogen) atoms. The van der Waals surface area contributed by atoms with E-state index in [1.54, 1.807) is 0 Å². The smallest absolute Gasteiger partial charge is 0.0923 e. The number of rotatable bonds is 1. The van der Waals surface area contributed by atoms with Crippen LogP contribution in [-0.2, 0) is 0 Å². The van der Waals surface area contributed by atoms with Gasteiger partial charge in [0.25, 0.3) is 0 Å². The van der Waals surface area contributed by atoms with Gasteiger partial charge in [-0.2, -0.15) is 10.2 Å². The summed E-state index contributed by atoms with van der Waals surface area (Å²) in [7, 11) is 0. The van der Waals surface area contributed by atoms with Crippen LogP contribution < -0.4 is 0 Å². The van der Waals surface area contributed by atoms with Crippen LogP contribution in [0.15, 0.2) is 0 Å². The summed E-state index contributed by atoms with van der Waals surface area (Å²) in [6, 6.07) is 0.619. The van der Waals surface area contributed by atoms with Gasteiger partial charge in [-0.05, 0) is 33.1 Å². The SMILES string of the molecule is CC(C)N1C2CCCCCN2N2CCCN12. The third kappa shape index (κ3) is 1.59. The first-order chi connectivity index (χ1) is 7.79. The fraction of sp³-hybridized carbons (Fsp3) is 1.00. The molecule has 0 aromatic carbocycles. The van der Waals surface area contributed by atoms with E-state index >= 15 is 0 Å². The summed E-state index contributed by atoms with van der Waals surface area (Å²) in [5.41, 5.74) is 0. The Bertz CT molecular complexity index is 255. The van der Waals surface area contributed by atoms with Gasteiger partial charge in [0.05, 0.1) is 6.17 Å². The van der Waals surface area contributed by atoms with Gasteiger partial charge in [-0.3, -0.25) is 0 Å². The molecule has 3 aliphatic rings. The third-order valence-corrected chi connectivity index (χ3v) is 4.07. The molecule has 3 saturated heterocycles. The molecule has 0 radical (unpaired) electrons. The van der Waals surface area contributed by atoms with Crippen molar-refractivity contribution in [2.75, 3.05) is 19.6 Å². The van der Waals surface area contributed by atoms with Gasteiger partial charge in [-0.1, -0.05) is 12.8 Å². The number of nitrogens with zero attached hydrogens (tertiary/aromatic N) is 4. The largest absolute Gasteiger partial charge is 0.208 e. The Morgan fingerprint density at radius 1 is 0.875 bits per heavy atom. The van der Waals surface area contributed by atoms with Gasteiger partial charge in [0, 0.05) is 25.7 Å². The average molecular weight is 224 g/mol. The summed E-state index contributed by atoms with van der Waals surface area (Å²) in [6.45, 7) is 8.34. The molecule has 1 atom stereocenters. The number of hydrogen-bond donors (Lipinski definition) is 0. The van der Waals surface area contributed by atoms with Crippen LogP contribution in [0.4, 0.5) is 0 Å². The van der Waals surface area contributed by atoms with Gasteiger partial charge < -0.3 is 0 Å². The highest BCUT2D eigenvalue weighted by atomic mass is 16.1. The lowest BCUT2D eigenvalue weighted by Gasteiger charge is -2.32. The van der Waals surface area contributed by atoms with Crippen molar-refractivity contribution in [1.82, 2.24) is 20.3 Å². The van der Waals surface area contributed by atoms with Crippen LogP contribution in [-0.4, -0.2) is 52.1 Å². The summed E-state index contributed by atoms with van der Waals surface area (Å²) in [5, 5.41) is 10.2. The minimum atomic E-state index is 0.619. The standard InChI is InChI=1S/C12H24N4/c1-11(2)16-12-7-4-3-5-8-13(12)14-9-6-10-15(14)16/h11-12H,3-10H2,1-2H3. The maximum Gasteiger partial charge on any atom is 0.0923 e. The van der Waals surface area contributed by atoms with Crippen molar-refractivity contribution in [1.29, 1.82) is 0 Å². The number of hydrazine groups is 3. The lowest BCUT2D eigenvalue weighted by molar-refractivity contribution is -0.150. The Balaban J connectivity index is 1.86. The molecule has 92 valence electrons. The lowest BCUT2D eigenvalue weighted by Crippen LogP contribution is -2.46. The topological polar surface area (TPSA) is 13.0 Å². The highest BCUT2D eigenvalue weighted by Crippen LogP contribution is 2.34. The molecule has 0 amide bonds. The zero-order chi connectivity index (χ0) is 11.1. The molecule has 3 rings (SSSR count). The molecule has 1 unspecified atom stereocenters. The Morgan fingerprint density at radius 2 is 1.69 bits per heavy atom. The monoisotopic (exact) mass is 224 g/mol. The predicted octanol–water partition coefficient (Wildman–Crippen LogP) is 1.67. The summed E-state index contributed by atoms with van der Waals surface area (Å²) in [6.07, 6.45) is 7.46. The maximum absolute atomic E-state index is 2.62. The second kappa shape index (κ2) is 4.26. The summed E-state index contributed by atoms with van der Waals surface area (Å²) >= 11 is 0. The van der Waals surface area contributed by atoms with Crippen molar-refractivity contribution >= 4 is 0 Å². The van der Waals surface area contributed by atoms with E-state index in [1.807, 2.05) is 0 Å². The molecule has 0 N–H and O–H groups in total. The quantitative estimate of drug-likeness (QED) is 0.671. The number of hydrogen-bond acceptors (Lipinski definition) is 4. The highest BCUT2D eigenvalue weighted by molar-refractivity contribution is 4.83. The molecule has 0 bridgehead atoms. The van der Waals surface area contributed by atoms with Crippen molar-refractivity contribution in [3.8, 4) is 0 Å². The molecule has 0 saturated carbocycles. The van der Waals surface area contributed by atoms with Crippen LogP contribution >= 0.6 is 0 Å². The van der Waals surface area contributed by atoms with Gasteiger partial charge in [0.1, 0.15) is 0 Å². The molecule has 3 aliphatic heterocycles. The zero-order valence-corrected chi connectivity index (χ0v) is 10.6. The Labute approximate surface area is 98.7 Å². The van der Waals surface area contributed by atoms with E-state index in [-0.39, 0.29) is 0 Å². The van der Waals surface area contributed by atoms with Crippen LogP contribution in [0.2, 0.25) is 0 Å². The molecule has 4 heteroatoms. The van der Waals surface area contributed by atoms with Crippen molar-refractivity contribution in [3.63, 3.8) is 0 Å². The summed E-state index contributed by atoms with van der Waals surface area (Å²) in [4.78, 5) is 0. The first-order valence-corrected chi connectivity index (χ1v) is 6.89. The zero-order valence-electron chi connectivity index (χ0n) is 10.6. The van der Waals surface area contributed by atoms with Crippen molar-refractivity contribution < 1.29 is 0 Å². The van der Waals surface area contributed by atoms with E-state index in [4.69, 9.17) is 0 Å². The molecule has 3 heterocycles.